The van der Waals surface area contributed by atoms with E-state index in [0.29, 0.717) is 0 Å². The van der Waals surface area contributed by atoms with Crippen LogP contribution >= 0.6 is 0 Å². The van der Waals surface area contributed by atoms with Crippen LogP contribution in [0.15, 0.2) is 12.3 Å². The lowest BCUT2D eigenvalue weighted by molar-refractivity contribution is 0.469. The third kappa shape index (κ3) is 17.5. The third-order valence-corrected chi connectivity index (χ3v) is 4.08. The number of rotatable bonds is 16. The predicted molar refractivity (Wildman–Crippen MR) is 91.3 cm³/mol. The van der Waals surface area contributed by atoms with E-state index >= 15 is 0 Å². The van der Waals surface area contributed by atoms with Crippen molar-refractivity contribution in [3.63, 3.8) is 0 Å². The fourth-order valence-corrected chi connectivity index (χ4v) is 2.71. The molecule has 0 aromatic carbocycles. The van der Waals surface area contributed by atoms with E-state index < -0.39 is 0 Å². The van der Waals surface area contributed by atoms with Crippen molar-refractivity contribution >= 4 is 0 Å². The summed E-state index contributed by atoms with van der Waals surface area (Å²) in [6, 6.07) is 0. The first-order valence-electron chi connectivity index (χ1n) is 9.21. The molecule has 0 heterocycles. The van der Waals surface area contributed by atoms with Crippen LogP contribution in [-0.4, -0.2) is 5.11 Å². The normalized spacial score (nSPS) is 11.4. The maximum absolute atomic E-state index is 8.50. The summed E-state index contributed by atoms with van der Waals surface area (Å²) < 4.78 is 0. The van der Waals surface area contributed by atoms with Gasteiger partial charge in [0.25, 0.3) is 0 Å². The van der Waals surface area contributed by atoms with E-state index in [-0.39, 0.29) is 0 Å². The second-order valence-corrected chi connectivity index (χ2v) is 6.12. The molecule has 0 aromatic heterocycles. The van der Waals surface area contributed by atoms with Gasteiger partial charge >= 0.3 is 0 Å². The molecule has 0 atom stereocenters. The molecule has 0 rings (SSSR count). The number of unbranched alkanes of at least 4 members (excludes halogenated alkanes) is 15. The monoisotopic (exact) mass is 282 g/mol. The minimum Gasteiger partial charge on any atom is -0.516 e. The average molecular weight is 283 g/mol. The molecular weight excluding hydrogens is 244 g/mol. The number of aliphatic hydroxyl groups excluding tert-OH is 1. The molecule has 0 saturated heterocycles. The van der Waals surface area contributed by atoms with Crippen molar-refractivity contribution in [2.75, 3.05) is 0 Å². The van der Waals surface area contributed by atoms with Crippen molar-refractivity contribution < 1.29 is 5.11 Å². The van der Waals surface area contributed by atoms with Gasteiger partial charge in [0.05, 0.1) is 6.26 Å². The van der Waals surface area contributed by atoms with Gasteiger partial charge in [-0.15, -0.1) is 0 Å². The van der Waals surface area contributed by atoms with E-state index in [1.54, 1.807) is 0 Å². The van der Waals surface area contributed by atoms with Gasteiger partial charge in [-0.25, -0.2) is 0 Å². The summed E-state index contributed by atoms with van der Waals surface area (Å²) in [6.45, 7) is 2.28. The highest BCUT2D eigenvalue weighted by Gasteiger charge is 1.93. The summed E-state index contributed by atoms with van der Waals surface area (Å²) in [5, 5.41) is 8.50. The Kier molecular flexibility index (Phi) is 18.1. The predicted octanol–water partition coefficient (Wildman–Crippen LogP) is 7.32. The first kappa shape index (κ1) is 19.5. The van der Waals surface area contributed by atoms with Crippen molar-refractivity contribution in [2.24, 2.45) is 0 Å². The SMILES string of the molecule is CCCCCCCCCCCCCCCCCC=CO. The highest BCUT2D eigenvalue weighted by Crippen LogP contribution is 2.13. The summed E-state index contributed by atoms with van der Waals surface area (Å²) in [4.78, 5) is 0. The Morgan fingerprint density at radius 2 is 0.900 bits per heavy atom. The van der Waals surface area contributed by atoms with Crippen LogP contribution in [0, 0.1) is 0 Å². The van der Waals surface area contributed by atoms with Gasteiger partial charge in [-0.05, 0) is 12.8 Å². The minimum atomic E-state index is 1.04. The van der Waals surface area contributed by atoms with Crippen molar-refractivity contribution in [3.05, 3.63) is 12.3 Å². The van der Waals surface area contributed by atoms with E-state index in [0.717, 1.165) is 6.42 Å². The molecular formula is C19H38O. The van der Waals surface area contributed by atoms with Crippen molar-refractivity contribution in [2.45, 2.75) is 110 Å². The molecule has 0 aliphatic heterocycles. The zero-order valence-electron chi connectivity index (χ0n) is 13.9. The molecule has 0 spiro atoms. The highest BCUT2D eigenvalue weighted by atomic mass is 16.2. The van der Waals surface area contributed by atoms with Crippen LogP contribution in [0.3, 0.4) is 0 Å². The molecule has 120 valence electrons. The van der Waals surface area contributed by atoms with Crippen LogP contribution in [0.1, 0.15) is 110 Å². The van der Waals surface area contributed by atoms with E-state index in [4.69, 9.17) is 5.11 Å². The second kappa shape index (κ2) is 18.5. The van der Waals surface area contributed by atoms with Crippen LogP contribution in [-0.2, 0) is 0 Å². The molecule has 20 heavy (non-hydrogen) atoms. The van der Waals surface area contributed by atoms with Gasteiger partial charge in [0.1, 0.15) is 0 Å². The van der Waals surface area contributed by atoms with E-state index in [1.165, 1.54) is 103 Å². The lowest BCUT2D eigenvalue weighted by Gasteiger charge is -2.03. The maximum Gasteiger partial charge on any atom is 0.0751 e. The summed E-state index contributed by atoms with van der Waals surface area (Å²) >= 11 is 0. The number of hydrogen-bond acceptors (Lipinski definition) is 1. The molecule has 0 fully saturated rings. The third-order valence-electron chi connectivity index (χ3n) is 4.08. The summed E-state index contributed by atoms with van der Waals surface area (Å²) in [5.41, 5.74) is 0. The Balaban J connectivity index is 2.92. The zero-order valence-corrected chi connectivity index (χ0v) is 13.9. The standard InChI is InChI=1S/C19H38O/c1-2-3-4-5-6-7-8-9-10-11-12-13-14-15-16-17-18-19-20/h18-20H,2-17H2,1H3. The Hall–Kier alpha value is -0.460. The number of allylic oxidation sites excluding steroid dienone is 1. The van der Waals surface area contributed by atoms with Crippen molar-refractivity contribution in [3.8, 4) is 0 Å². The van der Waals surface area contributed by atoms with Crippen molar-refractivity contribution in [1.82, 2.24) is 0 Å². The van der Waals surface area contributed by atoms with Crippen molar-refractivity contribution in [1.29, 1.82) is 0 Å². The molecule has 1 nitrogen and oxygen atoms in total. The van der Waals surface area contributed by atoms with Crippen LogP contribution in [0.4, 0.5) is 0 Å². The van der Waals surface area contributed by atoms with E-state index in [9.17, 15) is 0 Å². The fraction of sp³-hybridized carbons (Fsp3) is 0.895. The molecule has 0 aliphatic rings. The van der Waals surface area contributed by atoms with E-state index in [1.807, 2.05) is 6.08 Å². The highest BCUT2D eigenvalue weighted by molar-refractivity contribution is 4.70. The average Bonchev–Trinajstić information content (AvgIpc) is 2.47. The smallest absolute Gasteiger partial charge is 0.0751 e. The van der Waals surface area contributed by atoms with Crippen LogP contribution in [0.5, 0.6) is 0 Å². The van der Waals surface area contributed by atoms with Gasteiger partial charge in [0.2, 0.25) is 0 Å². The molecule has 0 bridgehead atoms. The Morgan fingerprint density at radius 1 is 0.550 bits per heavy atom. The first-order chi connectivity index (χ1) is 9.91. The lowest BCUT2D eigenvalue weighted by Crippen LogP contribution is -1.83. The summed E-state index contributed by atoms with van der Waals surface area (Å²) in [5.74, 6) is 0. The Bertz CT molecular complexity index is 186. The number of hydrogen-bond donors (Lipinski definition) is 1. The topological polar surface area (TPSA) is 20.2 Å². The van der Waals surface area contributed by atoms with E-state index in [2.05, 4.69) is 6.92 Å². The van der Waals surface area contributed by atoms with Gasteiger partial charge in [0.15, 0.2) is 0 Å². The Labute approximate surface area is 127 Å². The van der Waals surface area contributed by atoms with Gasteiger partial charge in [-0.1, -0.05) is 103 Å². The quantitative estimate of drug-likeness (QED) is 0.232. The molecule has 0 radical (unpaired) electrons. The number of aliphatic hydroxyl groups is 1. The second-order valence-electron chi connectivity index (χ2n) is 6.12. The van der Waals surface area contributed by atoms with Gasteiger partial charge in [-0.2, -0.15) is 0 Å². The maximum atomic E-state index is 8.50. The lowest BCUT2D eigenvalue weighted by atomic mass is 10.0. The molecule has 0 amide bonds. The molecule has 1 N–H and O–H groups in total. The first-order valence-corrected chi connectivity index (χ1v) is 9.21. The Morgan fingerprint density at radius 3 is 1.25 bits per heavy atom. The molecule has 0 aliphatic carbocycles. The molecule has 1 heteroatoms. The summed E-state index contributed by atoms with van der Waals surface area (Å²) in [6.07, 6.45) is 25.2. The zero-order chi connectivity index (χ0) is 14.7. The fourth-order valence-electron chi connectivity index (χ4n) is 2.71. The minimum absolute atomic E-state index is 1.04. The van der Waals surface area contributed by atoms with Gasteiger partial charge in [0, 0.05) is 0 Å². The molecule has 0 aromatic rings. The summed E-state index contributed by atoms with van der Waals surface area (Å²) in [7, 11) is 0. The van der Waals surface area contributed by atoms with Crippen LogP contribution in [0.2, 0.25) is 0 Å². The van der Waals surface area contributed by atoms with Crippen LogP contribution < -0.4 is 0 Å². The molecule has 0 saturated carbocycles. The van der Waals surface area contributed by atoms with Gasteiger partial charge < -0.3 is 5.11 Å². The molecule has 0 unspecified atom stereocenters. The van der Waals surface area contributed by atoms with Crippen LogP contribution in [0.25, 0.3) is 0 Å². The van der Waals surface area contributed by atoms with Gasteiger partial charge in [-0.3, -0.25) is 0 Å². The largest absolute Gasteiger partial charge is 0.516 e.